The normalized spacial score (nSPS) is 17.4. The molecule has 1 saturated heterocycles. The average molecular weight is 615 g/mol. The van der Waals surface area contributed by atoms with Crippen LogP contribution in [0.5, 0.6) is 5.75 Å². The molecule has 3 amide bonds. The van der Waals surface area contributed by atoms with Gasteiger partial charge in [-0.05, 0) is 54.6 Å². The molecule has 0 spiro atoms. The van der Waals surface area contributed by atoms with Crippen LogP contribution >= 0.6 is 0 Å². The van der Waals surface area contributed by atoms with Crippen molar-refractivity contribution in [2.45, 2.75) is 24.9 Å². The summed E-state index contributed by atoms with van der Waals surface area (Å²) in [5.74, 6) is -5.13. The van der Waals surface area contributed by atoms with E-state index in [4.69, 9.17) is 4.74 Å². The first-order valence-corrected chi connectivity index (χ1v) is 13.8. The molecule has 2 aliphatic heterocycles. The third-order valence-corrected chi connectivity index (χ3v) is 8.11. The second kappa shape index (κ2) is 11.1. The van der Waals surface area contributed by atoms with Gasteiger partial charge in [0.1, 0.15) is 17.6 Å². The van der Waals surface area contributed by atoms with Gasteiger partial charge in [0.05, 0.1) is 36.6 Å². The molecule has 0 aliphatic carbocycles. The highest BCUT2D eigenvalue weighted by molar-refractivity contribution is 6.13. The average Bonchev–Trinajstić information content (AvgIpc) is 3.66. The van der Waals surface area contributed by atoms with E-state index in [1.165, 1.54) is 72.3 Å². The molecule has 45 heavy (non-hydrogen) atoms. The lowest BCUT2D eigenvalue weighted by Crippen LogP contribution is -2.51. The molecule has 0 bridgehead atoms. The van der Waals surface area contributed by atoms with Crippen molar-refractivity contribution in [2.75, 3.05) is 30.4 Å². The molecular weight excluding hydrogens is 589 g/mol. The van der Waals surface area contributed by atoms with E-state index in [0.29, 0.717) is 11.4 Å². The summed E-state index contributed by atoms with van der Waals surface area (Å²) in [5, 5.41) is 16.5. The van der Waals surface area contributed by atoms with Gasteiger partial charge in [0.15, 0.2) is 5.69 Å². The van der Waals surface area contributed by atoms with Gasteiger partial charge < -0.3 is 15.0 Å². The highest BCUT2D eigenvalue weighted by Crippen LogP contribution is 2.41. The summed E-state index contributed by atoms with van der Waals surface area (Å²) in [6, 6.07) is 14.4. The second-order valence-electron chi connectivity index (χ2n) is 10.7. The molecule has 2 aliphatic rings. The highest BCUT2D eigenvalue weighted by atomic mass is 19.3. The zero-order chi connectivity index (χ0) is 32.0. The van der Waals surface area contributed by atoms with Gasteiger partial charge in [-0.2, -0.15) is 19.1 Å². The summed E-state index contributed by atoms with van der Waals surface area (Å²) in [5.41, 5.74) is 0.0000140. The minimum atomic E-state index is -3.43. The fourth-order valence-corrected chi connectivity index (χ4v) is 5.80. The predicted molar refractivity (Wildman–Crippen MR) is 156 cm³/mol. The summed E-state index contributed by atoms with van der Waals surface area (Å²) in [4.78, 5) is 42.7. The Kier molecular flexibility index (Phi) is 7.28. The Hall–Kier alpha value is -5.64. The van der Waals surface area contributed by atoms with Crippen molar-refractivity contribution in [2.24, 2.45) is 0 Å². The molecule has 1 fully saturated rings. The van der Waals surface area contributed by atoms with Crippen LogP contribution in [0, 0.1) is 17.1 Å². The number of carbonyl (C=O) groups is 3. The van der Waals surface area contributed by atoms with Gasteiger partial charge in [0.25, 0.3) is 17.7 Å². The van der Waals surface area contributed by atoms with E-state index in [1.54, 1.807) is 4.90 Å². The first-order valence-electron chi connectivity index (χ1n) is 13.8. The fraction of sp³-hybridized carbons (Fsp3) is 0.219. The Morgan fingerprint density at radius 2 is 1.67 bits per heavy atom. The molecule has 4 aromatic rings. The number of rotatable bonds is 6. The van der Waals surface area contributed by atoms with E-state index in [-0.39, 0.29) is 52.6 Å². The van der Waals surface area contributed by atoms with E-state index < -0.39 is 35.6 Å². The highest BCUT2D eigenvalue weighted by Gasteiger charge is 2.48. The maximum Gasteiger partial charge on any atom is 0.298 e. The summed E-state index contributed by atoms with van der Waals surface area (Å²) in [6.07, 6.45) is 1.34. The number of hydrogen-bond donors (Lipinski definition) is 1. The van der Waals surface area contributed by atoms with E-state index >= 15 is 8.78 Å². The van der Waals surface area contributed by atoms with Crippen LogP contribution in [0.15, 0.2) is 72.9 Å². The summed E-state index contributed by atoms with van der Waals surface area (Å²) >= 11 is 0. The number of amides is 3. The number of methoxy groups -OCH3 is 1. The first-order chi connectivity index (χ1) is 21.5. The number of ether oxygens (including phenoxy) is 1. The van der Waals surface area contributed by atoms with Crippen molar-refractivity contribution in [3.05, 3.63) is 107 Å². The molecule has 1 aromatic heterocycles. The number of benzene rings is 3. The van der Waals surface area contributed by atoms with Gasteiger partial charge in [-0.15, -0.1) is 0 Å². The largest absolute Gasteiger partial charge is 0.495 e. The van der Waals surface area contributed by atoms with Crippen molar-refractivity contribution in [3.8, 4) is 11.8 Å². The van der Waals surface area contributed by atoms with E-state index in [0.717, 1.165) is 24.3 Å². The Bertz CT molecular complexity index is 1870. The number of halogens is 3. The van der Waals surface area contributed by atoms with Crippen LogP contribution in [-0.4, -0.2) is 58.6 Å². The topological polar surface area (TPSA) is 121 Å². The number of hydrogen-bond acceptors (Lipinski definition) is 6. The third-order valence-electron chi connectivity index (χ3n) is 8.11. The number of nitriles is 1. The number of nitrogens with zero attached hydrogens (tertiary/aromatic N) is 5. The third kappa shape index (κ3) is 5.04. The second-order valence-corrected chi connectivity index (χ2v) is 10.7. The van der Waals surface area contributed by atoms with Gasteiger partial charge in [-0.1, -0.05) is 12.1 Å². The Morgan fingerprint density at radius 3 is 2.29 bits per heavy atom. The molecule has 0 unspecified atom stereocenters. The molecule has 6 rings (SSSR count). The Labute approximate surface area is 255 Å². The minimum absolute atomic E-state index is 0.0461. The van der Waals surface area contributed by atoms with Crippen LogP contribution in [0.25, 0.3) is 0 Å². The van der Waals surface area contributed by atoms with E-state index in [1.807, 2.05) is 6.07 Å². The van der Waals surface area contributed by atoms with Crippen LogP contribution in [0.1, 0.15) is 50.5 Å². The molecule has 1 N–H and O–H groups in total. The fourth-order valence-electron chi connectivity index (χ4n) is 5.80. The van der Waals surface area contributed by atoms with Crippen LogP contribution in [0.3, 0.4) is 0 Å². The van der Waals surface area contributed by atoms with Crippen LogP contribution in [-0.2, 0) is 10.7 Å². The molecule has 3 heterocycles. The maximum atomic E-state index is 15.3. The summed E-state index contributed by atoms with van der Waals surface area (Å²) in [7, 11) is 1.40. The van der Waals surface area contributed by atoms with Gasteiger partial charge in [-0.25, -0.2) is 4.39 Å². The lowest BCUT2D eigenvalue weighted by molar-refractivity contribution is -0.127. The summed E-state index contributed by atoms with van der Waals surface area (Å²) in [6.45, 7) is 1.83. The van der Waals surface area contributed by atoms with E-state index in [2.05, 4.69) is 10.4 Å². The first kappa shape index (κ1) is 29.4. The summed E-state index contributed by atoms with van der Waals surface area (Å²) < 4.78 is 50.5. The SMILES string of the molecule is COc1ccc(C(=O)Nc2cnn3c2C(=O)N(c2ccc(C(F)(F)c4ccc(F)cc4)cc2)[C@H]2CN(C(C)=O)C[C@H]23)cc1C#N. The van der Waals surface area contributed by atoms with Crippen LogP contribution in [0.2, 0.25) is 0 Å². The van der Waals surface area contributed by atoms with E-state index in [9.17, 15) is 24.0 Å². The molecule has 0 saturated carbocycles. The Balaban J connectivity index is 1.35. The number of nitrogens with one attached hydrogen (secondary N) is 1. The maximum absolute atomic E-state index is 15.3. The van der Waals surface area contributed by atoms with Crippen molar-refractivity contribution in [1.82, 2.24) is 14.7 Å². The van der Waals surface area contributed by atoms with Crippen molar-refractivity contribution < 1.29 is 32.3 Å². The zero-order valence-corrected chi connectivity index (χ0v) is 24.0. The van der Waals surface area contributed by atoms with Crippen molar-refractivity contribution >= 4 is 29.1 Å². The number of fused-ring (bicyclic) bond motifs is 3. The zero-order valence-electron chi connectivity index (χ0n) is 24.0. The molecule has 228 valence electrons. The molecule has 3 aromatic carbocycles. The molecule has 0 radical (unpaired) electrons. The van der Waals surface area contributed by atoms with Crippen molar-refractivity contribution in [3.63, 3.8) is 0 Å². The quantitative estimate of drug-likeness (QED) is 0.336. The molecular formula is C32H25F3N6O4. The number of alkyl halides is 2. The molecule has 2 atom stereocenters. The molecule has 13 heteroatoms. The number of carbonyl (C=O) groups excluding carboxylic acids is 3. The van der Waals surface area contributed by atoms with Crippen LogP contribution < -0.4 is 15.0 Å². The smallest absolute Gasteiger partial charge is 0.298 e. The van der Waals surface area contributed by atoms with Gasteiger partial charge in [-0.3, -0.25) is 24.0 Å². The predicted octanol–water partition coefficient (Wildman–Crippen LogP) is 4.73. The van der Waals surface area contributed by atoms with Gasteiger partial charge >= 0.3 is 0 Å². The number of likely N-dealkylation sites (tertiary alicyclic amines) is 1. The number of anilines is 2. The number of aromatic nitrogens is 2. The van der Waals surface area contributed by atoms with Gasteiger partial charge in [0, 0.05) is 42.4 Å². The lowest BCUT2D eigenvalue weighted by Gasteiger charge is -2.37. The minimum Gasteiger partial charge on any atom is -0.495 e. The van der Waals surface area contributed by atoms with Crippen LogP contribution in [0.4, 0.5) is 24.5 Å². The van der Waals surface area contributed by atoms with Crippen molar-refractivity contribution in [1.29, 1.82) is 5.26 Å². The monoisotopic (exact) mass is 614 g/mol. The Morgan fingerprint density at radius 1 is 1.02 bits per heavy atom. The molecule has 10 nitrogen and oxygen atoms in total. The standard InChI is InChI=1S/C32H25F3N6O4/c1-18(42)39-16-26-27(17-39)41-29(25(15-37-41)38-30(43)19-3-12-28(45-2)20(13-19)14-36)31(44)40(26)24-10-6-22(7-11-24)32(34,35)21-4-8-23(33)9-5-21/h3-13,15,26-27H,16-17H2,1-2H3,(H,38,43)/t26-,27+/m0/s1. The van der Waals surface area contributed by atoms with Gasteiger partial charge in [0.2, 0.25) is 5.91 Å². The lowest BCUT2D eigenvalue weighted by atomic mass is 9.99.